The van der Waals surface area contributed by atoms with Crippen molar-refractivity contribution in [2.24, 2.45) is 0 Å². The number of nitrogens with one attached hydrogen (secondary N) is 1. The molecule has 3 aliphatic rings. The van der Waals surface area contributed by atoms with Crippen molar-refractivity contribution in [3.63, 3.8) is 0 Å². The van der Waals surface area contributed by atoms with E-state index in [2.05, 4.69) is 10.2 Å². The van der Waals surface area contributed by atoms with Gasteiger partial charge in [-0.2, -0.15) is 0 Å². The smallest absolute Gasteiger partial charge is 0.217 e. The third-order valence-corrected chi connectivity index (χ3v) is 3.41. The highest BCUT2D eigenvalue weighted by Crippen LogP contribution is 2.39. The standard InChI is InChI=1S/C9H14N2O2/c1-5(12)10-8-7-4-11-3-2-6(13-7)9(8)11/h6-9H,2-4H2,1H3,(H,10,12)/t6?,7-,8?,9?/m1/s1. The second-order valence-corrected chi connectivity index (χ2v) is 4.21. The summed E-state index contributed by atoms with van der Waals surface area (Å²) in [4.78, 5) is 13.4. The van der Waals surface area contributed by atoms with Gasteiger partial charge in [0.1, 0.15) is 0 Å². The molecular formula is C9H14N2O2. The van der Waals surface area contributed by atoms with Crippen molar-refractivity contribution in [3.8, 4) is 0 Å². The predicted molar refractivity (Wildman–Crippen MR) is 46.2 cm³/mol. The normalized spacial score (nSPS) is 47.2. The van der Waals surface area contributed by atoms with E-state index in [0.717, 1.165) is 19.5 Å². The maximum absolute atomic E-state index is 11.0. The van der Waals surface area contributed by atoms with Crippen LogP contribution >= 0.6 is 0 Å². The quantitative estimate of drug-likeness (QED) is 0.585. The molecule has 3 heterocycles. The van der Waals surface area contributed by atoms with E-state index in [1.807, 2.05) is 0 Å². The highest BCUT2D eigenvalue weighted by Gasteiger charge is 2.57. The number of hydrogen-bond donors (Lipinski definition) is 1. The zero-order chi connectivity index (χ0) is 9.00. The molecule has 3 unspecified atom stereocenters. The lowest BCUT2D eigenvalue weighted by atomic mass is 10.1. The molecule has 3 saturated heterocycles. The first-order valence-corrected chi connectivity index (χ1v) is 4.92. The maximum atomic E-state index is 11.0. The lowest BCUT2D eigenvalue weighted by Gasteiger charge is -2.21. The molecule has 0 aromatic rings. The average molecular weight is 182 g/mol. The number of morpholine rings is 1. The largest absolute Gasteiger partial charge is 0.370 e. The van der Waals surface area contributed by atoms with Crippen LogP contribution in [0.4, 0.5) is 0 Å². The number of hydrogen-bond acceptors (Lipinski definition) is 3. The van der Waals surface area contributed by atoms with Crippen LogP contribution in [-0.2, 0) is 9.53 Å². The van der Waals surface area contributed by atoms with Crippen molar-refractivity contribution in [1.82, 2.24) is 10.2 Å². The second kappa shape index (κ2) is 2.45. The highest BCUT2D eigenvalue weighted by atomic mass is 16.5. The number of fused-ring (bicyclic) bond motifs is 1. The van der Waals surface area contributed by atoms with E-state index >= 15 is 0 Å². The Labute approximate surface area is 77.2 Å². The summed E-state index contributed by atoms with van der Waals surface area (Å²) in [5, 5.41) is 3.00. The summed E-state index contributed by atoms with van der Waals surface area (Å²) in [6, 6.07) is 0.721. The molecule has 0 spiro atoms. The summed E-state index contributed by atoms with van der Waals surface area (Å²) >= 11 is 0. The van der Waals surface area contributed by atoms with Crippen LogP contribution in [0.3, 0.4) is 0 Å². The molecule has 0 aromatic carbocycles. The predicted octanol–water partition coefficient (Wildman–Crippen LogP) is -0.654. The molecular weight excluding hydrogens is 168 g/mol. The summed E-state index contributed by atoms with van der Waals surface area (Å²) in [5.41, 5.74) is 0. The first-order chi connectivity index (χ1) is 6.25. The molecule has 3 rings (SSSR count). The first kappa shape index (κ1) is 7.76. The minimum absolute atomic E-state index is 0.0630. The third kappa shape index (κ3) is 0.957. The summed E-state index contributed by atoms with van der Waals surface area (Å²) < 4.78 is 5.81. The Kier molecular flexibility index (Phi) is 1.46. The molecule has 4 heteroatoms. The van der Waals surface area contributed by atoms with Gasteiger partial charge in [-0.25, -0.2) is 0 Å². The Bertz CT molecular complexity index is 242. The van der Waals surface area contributed by atoms with Gasteiger partial charge in [-0.05, 0) is 6.42 Å². The Hall–Kier alpha value is -0.610. The number of nitrogens with zero attached hydrogens (tertiary/aromatic N) is 1. The molecule has 13 heavy (non-hydrogen) atoms. The lowest BCUT2D eigenvalue weighted by molar-refractivity contribution is -0.119. The van der Waals surface area contributed by atoms with Crippen LogP contribution in [0.15, 0.2) is 0 Å². The van der Waals surface area contributed by atoms with Crippen LogP contribution in [0, 0.1) is 0 Å². The van der Waals surface area contributed by atoms with E-state index in [1.165, 1.54) is 0 Å². The summed E-state index contributed by atoms with van der Waals surface area (Å²) in [6.45, 7) is 3.73. The molecule has 4 nitrogen and oxygen atoms in total. The van der Waals surface area contributed by atoms with Gasteiger partial charge < -0.3 is 10.1 Å². The fourth-order valence-corrected chi connectivity index (χ4v) is 3.00. The van der Waals surface area contributed by atoms with E-state index in [-0.39, 0.29) is 18.1 Å². The van der Waals surface area contributed by atoms with Crippen molar-refractivity contribution in [3.05, 3.63) is 0 Å². The van der Waals surface area contributed by atoms with Crippen LogP contribution in [-0.4, -0.2) is 48.2 Å². The summed E-state index contributed by atoms with van der Waals surface area (Å²) in [5.74, 6) is 0.0630. The molecule has 0 radical (unpaired) electrons. The van der Waals surface area contributed by atoms with Crippen molar-refractivity contribution >= 4 is 5.91 Å². The third-order valence-electron chi connectivity index (χ3n) is 3.41. The zero-order valence-corrected chi connectivity index (χ0v) is 7.69. The van der Waals surface area contributed by atoms with Crippen molar-refractivity contribution in [1.29, 1.82) is 0 Å². The lowest BCUT2D eigenvalue weighted by Crippen LogP contribution is -2.44. The summed E-state index contributed by atoms with van der Waals surface area (Å²) in [7, 11) is 0. The van der Waals surface area contributed by atoms with E-state index in [4.69, 9.17) is 4.74 Å². The van der Waals surface area contributed by atoms with Crippen LogP contribution in [0.25, 0.3) is 0 Å². The van der Waals surface area contributed by atoms with Gasteiger partial charge >= 0.3 is 0 Å². The molecule has 0 saturated carbocycles. The fraction of sp³-hybridized carbons (Fsp3) is 0.889. The molecule has 3 aliphatic heterocycles. The maximum Gasteiger partial charge on any atom is 0.217 e. The van der Waals surface area contributed by atoms with Gasteiger partial charge in [0.25, 0.3) is 0 Å². The molecule has 0 aromatic heterocycles. The Morgan fingerprint density at radius 1 is 1.54 bits per heavy atom. The van der Waals surface area contributed by atoms with Gasteiger partial charge in [0.15, 0.2) is 0 Å². The molecule has 4 atom stereocenters. The minimum Gasteiger partial charge on any atom is -0.370 e. The van der Waals surface area contributed by atoms with Gasteiger partial charge in [-0.3, -0.25) is 9.69 Å². The van der Waals surface area contributed by atoms with E-state index in [0.29, 0.717) is 12.1 Å². The van der Waals surface area contributed by atoms with E-state index in [9.17, 15) is 4.79 Å². The second-order valence-electron chi connectivity index (χ2n) is 4.21. The highest BCUT2D eigenvalue weighted by molar-refractivity contribution is 5.73. The molecule has 3 fully saturated rings. The molecule has 1 amide bonds. The van der Waals surface area contributed by atoms with Gasteiger partial charge in [0.2, 0.25) is 5.91 Å². The van der Waals surface area contributed by atoms with Crippen molar-refractivity contribution in [2.75, 3.05) is 13.1 Å². The fourth-order valence-electron chi connectivity index (χ4n) is 3.00. The Morgan fingerprint density at radius 2 is 2.38 bits per heavy atom. The summed E-state index contributed by atoms with van der Waals surface area (Å²) in [6.07, 6.45) is 1.77. The average Bonchev–Trinajstić information content (AvgIpc) is 2.60. The van der Waals surface area contributed by atoms with E-state index < -0.39 is 0 Å². The molecule has 0 aliphatic carbocycles. The van der Waals surface area contributed by atoms with Gasteiger partial charge in [-0.1, -0.05) is 0 Å². The van der Waals surface area contributed by atoms with Gasteiger partial charge in [-0.15, -0.1) is 0 Å². The Morgan fingerprint density at radius 3 is 3.08 bits per heavy atom. The van der Waals surface area contributed by atoms with Gasteiger partial charge in [0.05, 0.1) is 24.3 Å². The minimum atomic E-state index is 0.0630. The molecule has 1 N–H and O–H groups in total. The topological polar surface area (TPSA) is 41.6 Å². The number of amides is 1. The number of ether oxygens (including phenoxy) is 1. The first-order valence-electron chi connectivity index (χ1n) is 4.92. The Balaban J connectivity index is 1.81. The number of carbonyl (C=O) groups excluding carboxylic acids is 1. The molecule has 72 valence electrons. The monoisotopic (exact) mass is 182 g/mol. The number of carbonyl (C=O) groups is 1. The van der Waals surface area contributed by atoms with Crippen LogP contribution in [0.1, 0.15) is 13.3 Å². The molecule has 2 bridgehead atoms. The number of rotatable bonds is 1. The zero-order valence-electron chi connectivity index (χ0n) is 7.69. The van der Waals surface area contributed by atoms with Crippen LogP contribution in [0.5, 0.6) is 0 Å². The SMILES string of the molecule is CC(=O)NC1C2C3CCN2C[C@H]1O3. The van der Waals surface area contributed by atoms with Crippen molar-refractivity contribution in [2.45, 2.75) is 37.6 Å². The van der Waals surface area contributed by atoms with Crippen LogP contribution < -0.4 is 5.32 Å². The van der Waals surface area contributed by atoms with E-state index in [1.54, 1.807) is 6.92 Å². The van der Waals surface area contributed by atoms with Gasteiger partial charge in [0, 0.05) is 20.0 Å². The van der Waals surface area contributed by atoms with Crippen molar-refractivity contribution < 1.29 is 9.53 Å². The van der Waals surface area contributed by atoms with Crippen LogP contribution in [0.2, 0.25) is 0 Å².